The van der Waals surface area contributed by atoms with E-state index < -0.39 is 0 Å². The van der Waals surface area contributed by atoms with Crippen LogP contribution in [0.25, 0.3) is 0 Å². The number of allylic oxidation sites excluding steroid dienone is 1. The molecule has 0 atom stereocenters. The third-order valence-electron chi connectivity index (χ3n) is 7.00. The van der Waals surface area contributed by atoms with Crippen LogP contribution in [0.4, 0.5) is 11.4 Å². The molecule has 2 heterocycles. The number of nitrogens with one attached hydrogen (secondary N) is 2. The summed E-state index contributed by atoms with van der Waals surface area (Å²) in [5.41, 5.74) is 16.4. The maximum atomic E-state index is 6.44. The van der Waals surface area contributed by atoms with Gasteiger partial charge >= 0.3 is 0 Å². The predicted molar refractivity (Wildman–Crippen MR) is 154 cm³/mol. The molecule has 0 radical (unpaired) electrons. The molecule has 0 bridgehead atoms. The molecule has 0 aliphatic carbocycles. The summed E-state index contributed by atoms with van der Waals surface area (Å²) in [5.74, 6) is 1.73. The second-order valence-corrected chi connectivity index (χ2v) is 10.5. The molecule has 200 valence electrons. The molecule has 8 nitrogen and oxygen atoms in total. The van der Waals surface area contributed by atoms with E-state index in [-0.39, 0.29) is 0 Å². The average Bonchev–Trinajstić information content (AvgIpc) is 2.88. The number of nitrogens with two attached hydrogens (primary N) is 2. The van der Waals surface area contributed by atoms with Crippen LogP contribution in [-0.4, -0.2) is 63.2 Å². The van der Waals surface area contributed by atoms with Gasteiger partial charge in [-0.3, -0.25) is 0 Å². The van der Waals surface area contributed by atoms with Gasteiger partial charge < -0.3 is 41.5 Å². The van der Waals surface area contributed by atoms with E-state index in [4.69, 9.17) is 39.4 Å². The monoisotopic (exact) mass is 545 g/mol. The molecule has 1 fully saturated rings. The van der Waals surface area contributed by atoms with Crippen LogP contribution in [0.15, 0.2) is 59.8 Å². The lowest BCUT2D eigenvalue weighted by molar-refractivity contribution is 0.249. The first-order chi connectivity index (χ1) is 17.7. The summed E-state index contributed by atoms with van der Waals surface area (Å²) in [6.45, 7) is 4.06. The molecule has 0 spiro atoms. The zero-order valence-corrected chi connectivity index (χ0v) is 23.2. The van der Waals surface area contributed by atoms with Crippen LogP contribution < -0.4 is 31.7 Å². The SMILES string of the molecule is COc1cc(N2CCC(N(C)C)CC2)ccc1N/C(N)=C/C1=C(N)NCCN1Cc1cc(Cl)ccc1Cl. The summed E-state index contributed by atoms with van der Waals surface area (Å²) in [4.78, 5) is 6.86. The molecule has 2 aliphatic heterocycles. The van der Waals surface area contributed by atoms with Crippen molar-refractivity contribution in [2.75, 3.05) is 57.6 Å². The van der Waals surface area contributed by atoms with Gasteiger partial charge in [0.25, 0.3) is 0 Å². The van der Waals surface area contributed by atoms with Crippen LogP contribution in [0.1, 0.15) is 18.4 Å². The number of ether oxygens (including phenoxy) is 1. The first-order valence-corrected chi connectivity index (χ1v) is 13.3. The summed E-state index contributed by atoms with van der Waals surface area (Å²) in [6, 6.07) is 12.3. The highest BCUT2D eigenvalue weighted by atomic mass is 35.5. The Labute approximate surface area is 229 Å². The van der Waals surface area contributed by atoms with Crippen LogP contribution >= 0.6 is 23.2 Å². The molecule has 37 heavy (non-hydrogen) atoms. The minimum atomic E-state index is 0.446. The molecule has 0 aromatic heterocycles. The topological polar surface area (TPSA) is 95.0 Å². The number of piperidine rings is 1. The van der Waals surface area contributed by atoms with Crippen LogP contribution in [0, 0.1) is 0 Å². The number of hydrogen-bond donors (Lipinski definition) is 4. The van der Waals surface area contributed by atoms with Gasteiger partial charge in [-0.05, 0) is 62.8 Å². The second kappa shape index (κ2) is 12.1. The molecule has 10 heteroatoms. The van der Waals surface area contributed by atoms with Gasteiger partial charge in [0.2, 0.25) is 0 Å². The largest absolute Gasteiger partial charge is 0.494 e. The van der Waals surface area contributed by atoms with E-state index >= 15 is 0 Å². The van der Waals surface area contributed by atoms with Gasteiger partial charge in [-0.25, -0.2) is 0 Å². The number of halogens is 2. The Hall–Kier alpha value is -2.94. The Bertz CT molecular complexity index is 1160. The van der Waals surface area contributed by atoms with Gasteiger partial charge in [0, 0.05) is 66.6 Å². The second-order valence-electron chi connectivity index (χ2n) is 9.67. The highest BCUT2D eigenvalue weighted by Crippen LogP contribution is 2.32. The lowest BCUT2D eigenvalue weighted by atomic mass is 10.0. The standard InChI is InChI=1S/C27H37Cl2N7O/c1-34(2)20-8-11-35(12-9-20)21-5-7-23(25(15-21)37-3)33-26(30)16-24-27(31)32-10-13-36(24)17-18-14-19(28)4-6-22(18)29/h4-7,14-16,20,32-33H,8-13,17,30-31H2,1-3H3/b26-16+. The van der Waals surface area contributed by atoms with E-state index in [2.05, 4.69) is 51.6 Å². The predicted octanol–water partition coefficient (Wildman–Crippen LogP) is 3.98. The normalized spacial score (nSPS) is 17.3. The van der Waals surface area contributed by atoms with Gasteiger partial charge in [0.05, 0.1) is 18.5 Å². The van der Waals surface area contributed by atoms with E-state index in [0.717, 1.165) is 67.4 Å². The first-order valence-electron chi connectivity index (χ1n) is 12.5. The molecule has 2 aliphatic rings. The molecule has 0 amide bonds. The van der Waals surface area contributed by atoms with Crippen molar-refractivity contribution in [2.45, 2.75) is 25.4 Å². The Balaban J connectivity index is 1.49. The third-order valence-corrected chi connectivity index (χ3v) is 7.60. The van der Waals surface area contributed by atoms with Crippen molar-refractivity contribution in [3.05, 3.63) is 75.4 Å². The quantitative estimate of drug-likeness (QED) is 0.395. The lowest BCUT2D eigenvalue weighted by Gasteiger charge is -2.36. The fourth-order valence-corrected chi connectivity index (χ4v) is 5.24. The maximum absolute atomic E-state index is 6.44. The zero-order valence-electron chi connectivity index (χ0n) is 21.7. The van der Waals surface area contributed by atoms with Crippen molar-refractivity contribution in [1.82, 2.24) is 15.1 Å². The van der Waals surface area contributed by atoms with Crippen LogP contribution in [0.2, 0.25) is 10.0 Å². The Morgan fingerprint density at radius 3 is 2.62 bits per heavy atom. The van der Waals surface area contributed by atoms with Crippen molar-refractivity contribution in [3.63, 3.8) is 0 Å². The van der Waals surface area contributed by atoms with E-state index in [9.17, 15) is 0 Å². The number of hydrogen-bond acceptors (Lipinski definition) is 8. The molecule has 1 saturated heterocycles. The van der Waals surface area contributed by atoms with Gasteiger partial charge in [-0.1, -0.05) is 23.2 Å². The fourth-order valence-electron chi connectivity index (χ4n) is 4.87. The number of rotatable bonds is 8. The van der Waals surface area contributed by atoms with Crippen molar-refractivity contribution >= 4 is 34.6 Å². The highest BCUT2D eigenvalue weighted by Gasteiger charge is 2.22. The first kappa shape index (κ1) is 27.1. The number of nitrogens with zero attached hydrogens (tertiary/aromatic N) is 3. The van der Waals surface area contributed by atoms with E-state index in [1.54, 1.807) is 19.2 Å². The summed E-state index contributed by atoms with van der Waals surface area (Å²) in [5, 5.41) is 7.80. The van der Waals surface area contributed by atoms with Gasteiger partial charge in [0.15, 0.2) is 0 Å². The summed E-state index contributed by atoms with van der Waals surface area (Å²) < 4.78 is 5.71. The smallest absolute Gasteiger partial charge is 0.144 e. The Morgan fingerprint density at radius 2 is 1.92 bits per heavy atom. The molecule has 2 aromatic carbocycles. The summed E-state index contributed by atoms with van der Waals surface area (Å²) in [7, 11) is 5.98. The van der Waals surface area contributed by atoms with E-state index in [1.807, 2.05) is 18.2 Å². The summed E-state index contributed by atoms with van der Waals surface area (Å²) in [6.07, 6.45) is 4.12. The Kier molecular flexibility index (Phi) is 8.84. The van der Waals surface area contributed by atoms with Crippen LogP contribution in [0.3, 0.4) is 0 Å². The molecular weight excluding hydrogens is 509 g/mol. The lowest BCUT2D eigenvalue weighted by Crippen LogP contribution is -2.42. The Morgan fingerprint density at radius 1 is 1.16 bits per heavy atom. The molecular formula is C27H37Cl2N7O. The fraction of sp³-hybridized carbons (Fsp3) is 0.407. The number of anilines is 2. The van der Waals surface area contributed by atoms with Gasteiger partial charge in [-0.15, -0.1) is 0 Å². The molecule has 0 saturated carbocycles. The minimum absolute atomic E-state index is 0.446. The van der Waals surface area contributed by atoms with Crippen molar-refractivity contribution in [3.8, 4) is 5.75 Å². The highest BCUT2D eigenvalue weighted by molar-refractivity contribution is 6.33. The van der Waals surface area contributed by atoms with Crippen LogP contribution in [-0.2, 0) is 6.54 Å². The van der Waals surface area contributed by atoms with Gasteiger partial charge in [0.1, 0.15) is 17.4 Å². The number of methoxy groups -OCH3 is 1. The molecule has 4 rings (SSSR count). The van der Waals surface area contributed by atoms with Crippen molar-refractivity contribution < 1.29 is 4.74 Å². The zero-order chi connectivity index (χ0) is 26.5. The van der Waals surface area contributed by atoms with Gasteiger partial charge in [-0.2, -0.15) is 0 Å². The maximum Gasteiger partial charge on any atom is 0.144 e. The van der Waals surface area contributed by atoms with Crippen molar-refractivity contribution in [1.29, 1.82) is 0 Å². The van der Waals surface area contributed by atoms with E-state index in [1.165, 1.54) is 0 Å². The number of benzene rings is 2. The third kappa shape index (κ3) is 6.69. The molecule has 6 N–H and O–H groups in total. The van der Waals surface area contributed by atoms with Crippen LogP contribution in [0.5, 0.6) is 5.75 Å². The van der Waals surface area contributed by atoms with Crippen molar-refractivity contribution in [2.24, 2.45) is 11.5 Å². The molecule has 0 unspecified atom stereocenters. The molecule has 2 aromatic rings. The minimum Gasteiger partial charge on any atom is -0.494 e. The van der Waals surface area contributed by atoms with E-state index in [0.29, 0.717) is 34.3 Å². The summed E-state index contributed by atoms with van der Waals surface area (Å²) >= 11 is 12.6. The average molecular weight is 547 g/mol.